The van der Waals surface area contributed by atoms with Crippen molar-refractivity contribution >= 4 is 22.0 Å². The standard InChI is InChI=1S/C18H24BrNO3/c1-13(15-2-4-16(19)5-3-15)20-11-10-18(23-17(20)22)8-6-14(12-21)7-9-18/h2-5,13-14,21H,6-12H2,1H3/t13-,14-,18-/m0/s1. The monoisotopic (exact) mass is 381 g/mol. The van der Waals surface area contributed by atoms with Crippen molar-refractivity contribution in [3.63, 3.8) is 0 Å². The first-order chi connectivity index (χ1) is 11.0. The SMILES string of the molecule is C[C@@H](c1ccc(Br)cc1)N1CC[C@]2(CC[C@@H](CO)CC2)OC1=O. The first-order valence-corrected chi connectivity index (χ1v) is 9.18. The lowest BCUT2D eigenvalue weighted by Gasteiger charge is -2.46. The molecule has 126 valence electrons. The predicted octanol–water partition coefficient (Wildman–Crippen LogP) is 4.27. The van der Waals surface area contributed by atoms with E-state index in [2.05, 4.69) is 15.9 Å². The Hall–Kier alpha value is -1.07. The van der Waals surface area contributed by atoms with E-state index in [4.69, 9.17) is 4.74 Å². The Labute approximate surface area is 145 Å². The molecule has 1 aromatic rings. The number of aliphatic hydroxyl groups excluding tert-OH is 1. The van der Waals surface area contributed by atoms with Crippen LogP contribution in [-0.2, 0) is 4.74 Å². The van der Waals surface area contributed by atoms with E-state index >= 15 is 0 Å². The van der Waals surface area contributed by atoms with Gasteiger partial charge >= 0.3 is 6.09 Å². The maximum absolute atomic E-state index is 12.5. The Morgan fingerprint density at radius 1 is 1.30 bits per heavy atom. The summed E-state index contributed by atoms with van der Waals surface area (Å²) < 4.78 is 6.92. The third-order valence-corrected chi connectivity index (χ3v) is 5.97. The van der Waals surface area contributed by atoms with Gasteiger partial charge in [0.15, 0.2) is 0 Å². The molecule has 1 saturated heterocycles. The van der Waals surface area contributed by atoms with Crippen molar-refractivity contribution in [2.45, 2.75) is 50.7 Å². The van der Waals surface area contributed by atoms with Crippen molar-refractivity contribution in [3.8, 4) is 0 Å². The summed E-state index contributed by atoms with van der Waals surface area (Å²) in [5, 5.41) is 9.27. The van der Waals surface area contributed by atoms with Crippen LogP contribution in [0.1, 0.15) is 50.6 Å². The van der Waals surface area contributed by atoms with E-state index in [1.165, 1.54) is 0 Å². The number of hydrogen-bond donors (Lipinski definition) is 1. The molecule has 2 fully saturated rings. The Kier molecular flexibility index (Phi) is 4.97. The molecule has 1 N–H and O–H groups in total. The van der Waals surface area contributed by atoms with Gasteiger partial charge in [0.1, 0.15) is 5.60 Å². The predicted molar refractivity (Wildman–Crippen MR) is 92.1 cm³/mol. The molecule has 0 aromatic heterocycles. The molecule has 1 aliphatic carbocycles. The number of benzene rings is 1. The number of carbonyl (C=O) groups excluding carboxylic acids is 1. The fourth-order valence-corrected chi connectivity index (χ4v) is 3.99. The first-order valence-electron chi connectivity index (χ1n) is 8.39. The number of hydrogen-bond acceptors (Lipinski definition) is 3. The maximum atomic E-state index is 12.5. The van der Waals surface area contributed by atoms with Gasteiger partial charge in [-0.05, 0) is 56.2 Å². The van der Waals surface area contributed by atoms with Gasteiger partial charge < -0.3 is 14.7 Å². The quantitative estimate of drug-likeness (QED) is 0.849. The zero-order chi connectivity index (χ0) is 16.4. The van der Waals surface area contributed by atoms with E-state index < -0.39 is 0 Å². The molecule has 1 amide bonds. The largest absolute Gasteiger partial charge is 0.443 e. The summed E-state index contributed by atoms with van der Waals surface area (Å²) >= 11 is 3.44. The van der Waals surface area contributed by atoms with Crippen LogP contribution in [0.5, 0.6) is 0 Å². The lowest BCUT2D eigenvalue weighted by Crippen LogP contribution is -2.51. The molecule has 23 heavy (non-hydrogen) atoms. The molecule has 3 rings (SSSR count). The summed E-state index contributed by atoms with van der Waals surface area (Å²) in [7, 11) is 0. The van der Waals surface area contributed by atoms with E-state index in [0.717, 1.165) is 48.7 Å². The highest BCUT2D eigenvalue weighted by molar-refractivity contribution is 9.10. The first kappa shape index (κ1) is 16.8. The van der Waals surface area contributed by atoms with E-state index in [1.54, 1.807) is 0 Å². The van der Waals surface area contributed by atoms with Crippen molar-refractivity contribution < 1.29 is 14.6 Å². The normalized spacial score (nSPS) is 29.4. The fourth-order valence-electron chi connectivity index (χ4n) is 3.72. The lowest BCUT2D eigenvalue weighted by molar-refractivity contribution is -0.0843. The minimum absolute atomic E-state index is 0.0155. The minimum atomic E-state index is -0.293. The van der Waals surface area contributed by atoms with Crippen LogP contribution in [0.15, 0.2) is 28.7 Å². The third kappa shape index (κ3) is 3.56. The highest BCUT2D eigenvalue weighted by Crippen LogP contribution is 2.41. The molecule has 1 aromatic carbocycles. The molecule has 1 spiro atoms. The summed E-state index contributed by atoms with van der Waals surface area (Å²) in [6.07, 6.45) is 4.35. The van der Waals surface area contributed by atoms with Gasteiger partial charge in [0, 0.05) is 24.0 Å². The molecular weight excluding hydrogens is 358 g/mol. The molecule has 4 nitrogen and oxygen atoms in total. The summed E-state index contributed by atoms with van der Waals surface area (Å²) in [5.41, 5.74) is 0.823. The zero-order valence-corrected chi connectivity index (χ0v) is 15.1. The summed E-state index contributed by atoms with van der Waals surface area (Å²) in [6, 6.07) is 8.09. The second kappa shape index (κ2) is 6.81. The Balaban J connectivity index is 1.65. The van der Waals surface area contributed by atoms with Crippen molar-refractivity contribution in [2.75, 3.05) is 13.2 Å². The summed E-state index contributed by atoms with van der Waals surface area (Å²) in [4.78, 5) is 14.4. The highest BCUT2D eigenvalue weighted by atomic mass is 79.9. The smallest absolute Gasteiger partial charge is 0.410 e. The number of halogens is 1. The maximum Gasteiger partial charge on any atom is 0.410 e. The van der Waals surface area contributed by atoms with Crippen LogP contribution in [0.25, 0.3) is 0 Å². The molecule has 0 radical (unpaired) electrons. The molecule has 1 atom stereocenters. The van der Waals surface area contributed by atoms with Crippen molar-refractivity contribution in [1.29, 1.82) is 0 Å². The number of aliphatic hydroxyl groups is 1. The van der Waals surface area contributed by atoms with Gasteiger partial charge in [0.25, 0.3) is 0 Å². The van der Waals surface area contributed by atoms with Gasteiger partial charge in [-0.1, -0.05) is 28.1 Å². The Bertz CT molecular complexity index is 552. The van der Waals surface area contributed by atoms with Crippen LogP contribution in [0, 0.1) is 5.92 Å². The number of ether oxygens (including phenoxy) is 1. The van der Waals surface area contributed by atoms with Gasteiger partial charge in [-0.2, -0.15) is 0 Å². The highest BCUT2D eigenvalue weighted by Gasteiger charge is 2.44. The van der Waals surface area contributed by atoms with Gasteiger partial charge in [0.2, 0.25) is 0 Å². The molecular formula is C18H24BrNO3. The van der Waals surface area contributed by atoms with E-state index in [9.17, 15) is 9.90 Å². The summed E-state index contributed by atoms with van der Waals surface area (Å²) in [5.74, 6) is 0.374. The fraction of sp³-hybridized carbons (Fsp3) is 0.611. The Morgan fingerprint density at radius 3 is 2.52 bits per heavy atom. The number of carbonyl (C=O) groups is 1. The van der Waals surface area contributed by atoms with E-state index in [-0.39, 0.29) is 24.3 Å². The molecule has 1 saturated carbocycles. The lowest BCUT2D eigenvalue weighted by atomic mass is 9.76. The van der Waals surface area contributed by atoms with Crippen LogP contribution < -0.4 is 0 Å². The molecule has 1 aliphatic heterocycles. The molecule has 0 unspecified atom stereocenters. The molecule has 0 bridgehead atoms. The second-order valence-corrected chi connectivity index (χ2v) is 7.76. The zero-order valence-electron chi connectivity index (χ0n) is 13.5. The number of amides is 1. The molecule has 5 heteroatoms. The van der Waals surface area contributed by atoms with Crippen molar-refractivity contribution in [1.82, 2.24) is 4.90 Å². The van der Waals surface area contributed by atoms with Gasteiger partial charge in [0.05, 0.1) is 6.04 Å². The van der Waals surface area contributed by atoms with Gasteiger partial charge in [-0.3, -0.25) is 0 Å². The topological polar surface area (TPSA) is 49.8 Å². The van der Waals surface area contributed by atoms with Crippen molar-refractivity contribution in [2.24, 2.45) is 5.92 Å². The van der Waals surface area contributed by atoms with Crippen molar-refractivity contribution in [3.05, 3.63) is 34.3 Å². The van der Waals surface area contributed by atoms with Crippen LogP contribution in [0.3, 0.4) is 0 Å². The van der Waals surface area contributed by atoms with Crippen LogP contribution in [0.4, 0.5) is 4.79 Å². The Morgan fingerprint density at radius 2 is 1.96 bits per heavy atom. The molecule has 2 aliphatic rings. The summed E-state index contributed by atoms with van der Waals surface area (Å²) in [6.45, 7) is 3.03. The van der Waals surface area contributed by atoms with Crippen LogP contribution in [0.2, 0.25) is 0 Å². The van der Waals surface area contributed by atoms with Gasteiger partial charge in [-0.25, -0.2) is 4.79 Å². The average molecular weight is 382 g/mol. The van der Waals surface area contributed by atoms with Crippen LogP contribution in [-0.4, -0.2) is 34.9 Å². The number of rotatable bonds is 3. The average Bonchev–Trinajstić information content (AvgIpc) is 2.56. The van der Waals surface area contributed by atoms with E-state index in [1.807, 2.05) is 36.1 Å². The second-order valence-electron chi connectivity index (χ2n) is 6.85. The minimum Gasteiger partial charge on any atom is -0.443 e. The van der Waals surface area contributed by atoms with Gasteiger partial charge in [-0.15, -0.1) is 0 Å². The number of nitrogens with zero attached hydrogens (tertiary/aromatic N) is 1. The van der Waals surface area contributed by atoms with E-state index in [0.29, 0.717) is 5.92 Å². The van der Waals surface area contributed by atoms with Crippen LogP contribution >= 0.6 is 15.9 Å². The molecule has 1 heterocycles. The third-order valence-electron chi connectivity index (χ3n) is 5.44.